The molecule has 0 atom stereocenters. The van der Waals surface area contributed by atoms with Gasteiger partial charge in [-0.25, -0.2) is 0 Å². The van der Waals surface area contributed by atoms with Gasteiger partial charge in [-0.3, -0.25) is 0 Å². The van der Waals surface area contributed by atoms with Crippen LogP contribution in [0.4, 0.5) is 0 Å². The molecule has 0 aliphatic carbocycles. The zero-order chi connectivity index (χ0) is 25.3. The Bertz CT molecular complexity index is 1110. The first kappa shape index (κ1) is 27.7. The zero-order valence-corrected chi connectivity index (χ0v) is 25.8. The molecule has 35 heavy (non-hydrogen) atoms. The molecule has 184 valence electrons. The van der Waals surface area contributed by atoms with Crippen LogP contribution < -0.4 is 0 Å². The summed E-state index contributed by atoms with van der Waals surface area (Å²) in [6.45, 7) is 17.1. The SMILES string of the molecule is C[Si](C)(C)C#Cc1ccc(CCN(CCc2ccccc2)CCc2ccc(C#C[Si](C)(C)C)s2)s1. The smallest absolute Gasteiger partial charge is 0.129 e. The molecule has 3 rings (SSSR count). The van der Waals surface area contributed by atoms with E-state index in [1.54, 1.807) is 0 Å². The van der Waals surface area contributed by atoms with E-state index in [4.69, 9.17) is 0 Å². The molecule has 0 bridgehead atoms. The van der Waals surface area contributed by atoms with Crippen molar-refractivity contribution in [3.05, 3.63) is 79.7 Å². The lowest BCUT2D eigenvalue weighted by molar-refractivity contribution is 0.285. The monoisotopic (exact) mass is 533 g/mol. The molecule has 1 aromatic carbocycles. The Morgan fingerprint density at radius 2 is 1.06 bits per heavy atom. The Balaban J connectivity index is 1.61. The number of rotatable bonds is 9. The molecule has 3 aromatic rings. The van der Waals surface area contributed by atoms with Crippen molar-refractivity contribution in [1.29, 1.82) is 0 Å². The average molecular weight is 534 g/mol. The number of hydrogen-bond acceptors (Lipinski definition) is 3. The maximum Gasteiger partial charge on any atom is 0.129 e. The quantitative estimate of drug-likeness (QED) is 0.202. The molecule has 0 aliphatic rings. The van der Waals surface area contributed by atoms with Crippen LogP contribution in [0.25, 0.3) is 0 Å². The molecule has 2 heterocycles. The normalized spacial score (nSPS) is 11.6. The average Bonchev–Trinajstić information content (AvgIpc) is 3.45. The van der Waals surface area contributed by atoms with Crippen LogP contribution >= 0.6 is 22.7 Å². The Morgan fingerprint density at radius 3 is 1.51 bits per heavy atom. The molecule has 1 nitrogen and oxygen atoms in total. The number of benzene rings is 1. The summed E-state index contributed by atoms with van der Waals surface area (Å²) in [6, 6.07) is 19.8. The highest BCUT2D eigenvalue weighted by molar-refractivity contribution is 7.12. The van der Waals surface area contributed by atoms with E-state index in [1.165, 1.54) is 25.1 Å². The van der Waals surface area contributed by atoms with E-state index >= 15 is 0 Å². The van der Waals surface area contributed by atoms with Gasteiger partial charge in [0.1, 0.15) is 16.1 Å². The first-order valence-corrected chi connectivity index (χ1v) is 21.2. The third-order valence-electron chi connectivity index (χ3n) is 5.35. The Labute approximate surface area is 223 Å². The Hall–Kier alpha value is -1.87. The minimum atomic E-state index is -1.33. The summed E-state index contributed by atoms with van der Waals surface area (Å²) in [5, 5.41) is 0. The number of nitrogens with zero attached hydrogens (tertiary/aromatic N) is 1. The topological polar surface area (TPSA) is 3.24 Å². The van der Waals surface area contributed by atoms with Crippen molar-refractivity contribution < 1.29 is 0 Å². The molecule has 0 aliphatic heterocycles. The second-order valence-corrected chi connectivity index (χ2v) is 22.9. The van der Waals surface area contributed by atoms with E-state index in [2.05, 4.69) is 122 Å². The van der Waals surface area contributed by atoms with Gasteiger partial charge in [0.05, 0.1) is 9.75 Å². The maximum absolute atomic E-state index is 3.50. The lowest BCUT2D eigenvalue weighted by Gasteiger charge is -2.22. The highest BCUT2D eigenvalue weighted by Gasteiger charge is 2.11. The van der Waals surface area contributed by atoms with Crippen molar-refractivity contribution in [3.63, 3.8) is 0 Å². The van der Waals surface area contributed by atoms with Crippen LogP contribution in [0.1, 0.15) is 25.1 Å². The van der Waals surface area contributed by atoms with Gasteiger partial charge in [-0.1, -0.05) is 81.5 Å². The first-order chi connectivity index (χ1) is 16.6. The summed E-state index contributed by atoms with van der Waals surface area (Å²) in [5.74, 6) is 6.83. The molecule has 0 unspecified atom stereocenters. The molecular formula is C30H39NS2Si2. The summed E-state index contributed by atoms with van der Waals surface area (Å²) >= 11 is 3.73. The number of hydrogen-bond donors (Lipinski definition) is 0. The van der Waals surface area contributed by atoms with Crippen LogP contribution in [0.15, 0.2) is 54.6 Å². The minimum Gasteiger partial charge on any atom is -0.302 e. The van der Waals surface area contributed by atoms with Gasteiger partial charge >= 0.3 is 0 Å². The van der Waals surface area contributed by atoms with E-state index in [1.807, 2.05) is 22.7 Å². The highest BCUT2D eigenvalue weighted by atomic mass is 32.1. The van der Waals surface area contributed by atoms with E-state index in [9.17, 15) is 0 Å². The van der Waals surface area contributed by atoms with Gasteiger partial charge in [-0.15, -0.1) is 33.8 Å². The predicted molar refractivity (Wildman–Crippen MR) is 163 cm³/mol. The summed E-state index contributed by atoms with van der Waals surface area (Å²) < 4.78 is 0. The summed E-state index contributed by atoms with van der Waals surface area (Å²) in [6.07, 6.45) is 3.27. The van der Waals surface area contributed by atoms with E-state index in [0.29, 0.717) is 0 Å². The third kappa shape index (κ3) is 11.2. The van der Waals surface area contributed by atoms with Gasteiger partial charge in [0.25, 0.3) is 0 Å². The van der Waals surface area contributed by atoms with Gasteiger partial charge in [0.15, 0.2) is 0 Å². The van der Waals surface area contributed by atoms with Crippen molar-refractivity contribution in [2.24, 2.45) is 0 Å². The molecular weight excluding hydrogens is 495 g/mol. The molecule has 0 amide bonds. The van der Waals surface area contributed by atoms with E-state index in [0.717, 1.165) is 38.9 Å². The van der Waals surface area contributed by atoms with Crippen molar-refractivity contribution >= 4 is 38.8 Å². The fraction of sp³-hybridized carbons (Fsp3) is 0.400. The van der Waals surface area contributed by atoms with Crippen molar-refractivity contribution in [1.82, 2.24) is 4.90 Å². The highest BCUT2D eigenvalue weighted by Crippen LogP contribution is 2.19. The van der Waals surface area contributed by atoms with Crippen molar-refractivity contribution in [3.8, 4) is 22.9 Å². The fourth-order valence-electron chi connectivity index (χ4n) is 3.46. The lowest BCUT2D eigenvalue weighted by atomic mass is 10.1. The second kappa shape index (κ2) is 12.9. The summed E-state index contributed by atoms with van der Waals surface area (Å²) in [5.41, 5.74) is 8.40. The van der Waals surface area contributed by atoms with Crippen LogP contribution in [0.3, 0.4) is 0 Å². The Kier molecular flexibility index (Phi) is 10.2. The van der Waals surface area contributed by atoms with Gasteiger partial charge in [-0.2, -0.15) is 0 Å². The minimum absolute atomic E-state index is 1.09. The third-order valence-corrected chi connectivity index (χ3v) is 9.22. The molecule has 0 N–H and O–H groups in total. The molecule has 5 heteroatoms. The number of thiophene rings is 2. The van der Waals surface area contributed by atoms with Crippen LogP contribution in [0, 0.1) is 22.9 Å². The molecule has 0 radical (unpaired) electrons. The summed E-state index contributed by atoms with van der Waals surface area (Å²) in [4.78, 5) is 7.93. The van der Waals surface area contributed by atoms with Gasteiger partial charge in [0.2, 0.25) is 0 Å². The van der Waals surface area contributed by atoms with Gasteiger partial charge in [-0.05, 0) is 49.1 Å². The van der Waals surface area contributed by atoms with Crippen LogP contribution in [-0.2, 0) is 19.3 Å². The predicted octanol–water partition coefficient (Wildman–Crippen LogP) is 7.60. The molecule has 0 spiro atoms. The van der Waals surface area contributed by atoms with Crippen LogP contribution in [0.5, 0.6) is 0 Å². The fourth-order valence-corrected chi connectivity index (χ4v) is 6.36. The first-order valence-electron chi connectivity index (χ1n) is 12.6. The zero-order valence-electron chi connectivity index (χ0n) is 22.2. The second-order valence-electron chi connectivity index (χ2n) is 11.1. The van der Waals surface area contributed by atoms with Crippen molar-refractivity contribution in [2.75, 3.05) is 19.6 Å². The van der Waals surface area contributed by atoms with Crippen molar-refractivity contribution in [2.45, 2.75) is 58.5 Å². The van der Waals surface area contributed by atoms with Crippen LogP contribution in [0.2, 0.25) is 39.3 Å². The Morgan fingerprint density at radius 1 is 0.600 bits per heavy atom. The molecule has 0 saturated carbocycles. The van der Waals surface area contributed by atoms with Gasteiger partial charge in [0, 0.05) is 29.4 Å². The molecule has 0 saturated heterocycles. The summed E-state index contributed by atoms with van der Waals surface area (Å²) in [7, 11) is -2.67. The van der Waals surface area contributed by atoms with E-state index < -0.39 is 16.1 Å². The molecule has 2 aromatic heterocycles. The largest absolute Gasteiger partial charge is 0.302 e. The lowest BCUT2D eigenvalue weighted by Crippen LogP contribution is -2.30. The van der Waals surface area contributed by atoms with Crippen LogP contribution in [-0.4, -0.2) is 40.7 Å². The van der Waals surface area contributed by atoms with E-state index in [-0.39, 0.29) is 0 Å². The molecule has 0 fully saturated rings. The maximum atomic E-state index is 3.50. The van der Waals surface area contributed by atoms with Gasteiger partial charge < -0.3 is 4.90 Å². The standard InChI is InChI=1S/C30H39NS2Si2/c1-34(2,3)24-19-29-14-12-27(32-29)17-22-31(21-16-26-10-8-7-9-11-26)23-18-28-13-15-30(33-28)20-25-35(4,5)6/h7-15H,16-18,21-23H2,1-6H3.